The quantitative estimate of drug-likeness (QED) is 0.843. The van der Waals surface area contributed by atoms with Crippen LogP contribution in [0.3, 0.4) is 0 Å². The maximum Gasteiger partial charge on any atom is 0.412 e. The molecule has 0 aromatic carbocycles. The van der Waals surface area contributed by atoms with Crippen LogP contribution in [0.25, 0.3) is 0 Å². The molecule has 0 unspecified atom stereocenters. The smallest absolute Gasteiger partial charge is 0.412 e. The van der Waals surface area contributed by atoms with Crippen LogP contribution in [0.2, 0.25) is 0 Å². The lowest BCUT2D eigenvalue weighted by atomic mass is 10.2. The molecule has 0 aliphatic heterocycles. The molecule has 1 heterocycles. The summed E-state index contributed by atoms with van der Waals surface area (Å²) in [6, 6.07) is 1.90. The lowest BCUT2D eigenvalue weighted by Gasteiger charge is -2.19. The summed E-state index contributed by atoms with van der Waals surface area (Å²) in [5.41, 5.74) is 0.638. The Kier molecular flexibility index (Phi) is 3.78. The van der Waals surface area contributed by atoms with Gasteiger partial charge in [-0.3, -0.25) is 5.32 Å². The average molecular weight is 292 g/mol. The van der Waals surface area contributed by atoms with Gasteiger partial charge in [-0.2, -0.15) is 0 Å². The third kappa shape index (κ3) is 4.22. The van der Waals surface area contributed by atoms with Gasteiger partial charge in [-0.1, -0.05) is 0 Å². The van der Waals surface area contributed by atoms with Gasteiger partial charge in [0.05, 0.1) is 8.79 Å². The lowest BCUT2D eigenvalue weighted by Crippen LogP contribution is -2.26. The van der Waals surface area contributed by atoms with E-state index in [-0.39, 0.29) is 0 Å². The van der Waals surface area contributed by atoms with E-state index >= 15 is 0 Å². The number of carbonyl (C=O) groups excluding carboxylic acids is 1. The van der Waals surface area contributed by atoms with E-state index in [4.69, 9.17) is 4.74 Å². The van der Waals surface area contributed by atoms with Crippen molar-refractivity contribution >= 4 is 38.4 Å². The number of amides is 1. The molecule has 1 aromatic heterocycles. The topological polar surface area (TPSA) is 38.3 Å². The van der Waals surface area contributed by atoms with Gasteiger partial charge in [-0.25, -0.2) is 4.79 Å². The van der Waals surface area contributed by atoms with E-state index in [2.05, 4.69) is 21.2 Å². The van der Waals surface area contributed by atoms with Crippen molar-refractivity contribution in [2.24, 2.45) is 0 Å². The van der Waals surface area contributed by atoms with Gasteiger partial charge in [0.25, 0.3) is 0 Å². The Bertz CT molecular complexity index is 348. The first kappa shape index (κ1) is 12.5. The first-order chi connectivity index (χ1) is 6.78. The molecule has 5 heteroatoms. The van der Waals surface area contributed by atoms with Gasteiger partial charge in [0, 0.05) is 0 Å². The highest BCUT2D eigenvalue weighted by atomic mass is 79.9. The predicted octanol–water partition coefficient (Wildman–Crippen LogP) is 4.17. The fraction of sp³-hybridized carbons (Fsp3) is 0.500. The number of carbonyl (C=O) groups is 1. The van der Waals surface area contributed by atoms with Gasteiger partial charge in [0.15, 0.2) is 0 Å². The zero-order chi connectivity index (χ0) is 11.6. The van der Waals surface area contributed by atoms with Crippen LogP contribution in [0, 0.1) is 6.92 Å². The summed E-state index contributed by atoms with van der Waals surface area (Å²) < 4.78 is 6.15. The van der Waals surface area contributed by atoms with E-state index in [1.165, 1.54) is 11.3 Å². The number of rotatable bonds is 1. The Labute approximate surface area is 102 Å². The first-order valence-electron chi connectivity index (χ1n) is 4.54. The van der Waals surface area contributed by atoms with Crippen LogP contribution in [0.5, 0.6) is 0 Å². The fourth-order valence-electron chi connectivity index (χ4n) is 0.926. The second-order valence-corrected chi connectivity index (χ2v) is 6.56. The van der Waals surface area contributed by atoms with Gasteiger partial charge in [-0.05, 0) is 55.3 Å². The van der Waals surface area contributed by atoms with Crippen molar-refractivity contribution in [3.8, 4) is 0 Å². The molecule has 1 amide bonds. The Balaban J connectivity index is 2.59. The first-order valence-corrected chi connectivity index (χ1v) is 6.15. The van der Waals surface area contributed by atoms with E-state index in [1.54, 1.807) is 0 Å². The monoisotopic (exact) mass is 291 g/mol. The predicted molar refractivity (Wildman–Crippen MR) is 66.6 cm³/mol. The zero-order valence-corrected chi connectivity index (χ0v) is 11.6. The van der Waals surface area contributed by atoms with Crippen molar-refractivity contribution < 1.29 is 9.53 Å². The summed E-state index contributed by atoms with van der Waals surface area (Å²) in [6.07, 6.45) is -0.420. The highest BCUT2D eigenvalue weighted by Crippen LogP contribution is 2.31. The molecule has 0 saturated heterocycles. The third-order valence-electron chi connectivity index (χ3n) is 1.48. The summed E-state index contributed by atoms with van der Waals surface area (Å²) >= 11 is 4.87. The molecular formula is C10H14BrNO2S. The summed E-state index contributed by atoms with van der Waals surface area (Å²) in [7, 11) is 0. The molecule has 0 radical (unpaired) electrons. The number of hydrogen-bond acceptors (Lipinski definition) is 3. The Morgan fingerprint density at radius 1 is 1.53 bits per heavy atom. The van der Waals surface area contributed by atoms with E-state index in [9.17, 15) is 4.79 Å². The SMILES string of the molecule is Cc1cc(NC(=O)OC(C)(C)C)sc1Br. The molecule has 3 nitrogen and oxygen atoms in total. The molecule has 0 spiro atoms. The number of thiophene rings is 1. The number of halogens is 1. The number of aryl methyl sites for hydroxylation is 1. The third-order valence-corrected chi connectivity index (χ3v) is 3.53. The molecule has 0 atom stereocenters. The zero-order valence-electron chi connectivity index (χ0n) is 9.18. The van der Waals surface area contributed by atoms with Crippen LogP contribution in [-0.4, -0.2) is 11.7 Å². The molecule has 0 fully saturated rings. The maximum atomic E-state index is 11.4. The fourth-order valence-corrected chi connectivity index (χ4v) is 2.35. The summed E-state index contributed by atoms with van der Waals surface area (Å²) in [5.74, 6) is 0. The summed E-state index contributed by atoms with van der Waals surface area (Å²) in [5, 5.41) is 3.47. The van der Waals surface area contributed by atoms with Crippen molar-refractivity contribution in [3.05, 3.63) is 15.4 Å². The average Bonchev–Trinajstić information content (AvgIpc) is 2.26. The molecule has 1 N–H and O–H groups in total. The lowest BCUT2D eigenvalue weighted by molar-refractivity contribution is 0.0636. The summed E-state index contributed by atoms with van der Waals surface area (Å²) in [4.78, 5) is 11.4. The van der Waals surface area contributed by atoms with Gasteiger partial charge in [0.1, 0.15) is 5.60 Å². The minimum atomic E-state index is -0.465. The second kappa shape index (κ2) is 4.53. The molecule has 84 valence electrons. The normalized spacial score (nSPS) is 11.3. The molecule has 1 aromatic rings. The van der Waals surface area contributed by atoms with Gasteiger partial charge in [0.2, 0.25) is 0 Å². The van der Waals surface area contributed by atoms with Gasteiger partial charge in [-0.15, -0.1) is 11.3 Å². The molecule has 0 aliphatic rings. The highest BCUT2D eigenvalue weighted by molar-refractivity contribution is 9.11. The highest BCUT2D eigenvalue weighted by Gasteiger charge is 2.16. The Hall–Kier alpha value is -0.550. The number of hydrogen-bond donors (Lipinski definition) is 1. The molecular weight excluding hydrogens is 278 g/mol. The van der Waals surface area contributed by atoms with Crippen LogP contribution in [0.4, 0.5) is 9.80 Å². The van der Waals surface area contributed by atoms with Crippen molar-refractivity contribution in [3.63, 3.8) is 0 Å². The van der Waals surface area contributed by atoms with Crippen molar-refractivity contribution in [2.75, 3.05) is 5.32 Å². The minimum absolute atomic E-state index is 0.420. The van der Waals surface area contributed by atoms with Gasteiger partial charge >= 0.3 is 6.09 Å². The summed E-state index contributed by atoms with van der Waals surface area (Å²) in [6.45, 7) is 7.48. The van der Waals surface area contributed by atoms with Crippen molar-refractivity contribution in [1.29, 1.82) is 0 Å². The van der Waals surface area contributed by atoms with Crippen LogP contribution < -0.4 is 5.32 Å². The standard InChI is InChI=1S/C10H14BrNO2S/c1-6-5-7(15-8(6)11)12-9(13)14-10(2,3)4/h5H,1-4H3,(H,12,13). The largest absolute Gasteiger partial charge is 0.444 e. The maximum absolute atomic E-state index is 11.4. The molecule has 1 rings (SSSR count). The van der Waals surface area contributed by atoms with E-state index in [0.29, 0.717) is 0 Å². The van der Waals surface area contributed by atoms with Crippen LogP contribution in [0.1, 0.15) is 26.3 Å². The van der Waals surface area contributed by atoms with Crippen LogP contribution >= 0.6 is 27.3 Å². The van der Waals surface area contributed by atoms with Gasteiger partial charge < -0.3 is 4.74 Å². The number of nitrogens with one attached hydrogen (secondary N) is 1. The Morgan fingerprint density at radius 2 is 2.13 bits per heavy atom. The van der Waals surface area contributed by atoms with E-state index in [1.807, 2.05) is 33.8 Å². The van der Waals surface area contributed by atoms with Crippen molar-refractivity contribution in [1.82, 2.24) is 0 Å². The molecule has 0 bridgehead atoms. The van der Waals surface area contributed by atoms with E-state index in [0.717, 1.165) is 14.4 Å². The molecule has 0 saturated carbocycles. The Morgan fingerprint density at radius 3 is 2.53 bits per heavy atom. The van der Waals surface area contributed by atoms with Crippen LogP contribution in [0.15, 0.2) is 9.85 Å². The number of anilines is 1. The van der Waals surface area contributed by atoms with Crippen molar-refractivity contribution in [2.45, 2.75) is 33.3 Å². The minimum Gasteiger partial charge on any atom is -0.444 e. The molecule has 15 heavy (non-hydrogen) atoms. The number of ether oxygens (including phenoxy) is 1. The van der Waals surface area contributed by atoms with Crippen LogP contribution in [-0.2, 0) is 4.74 Å². The van der Waals surface area contributed by atoms with E-state index < -0.39 is 11.7 Å². The second-order valence-electron chi connectivity index (χ2n) is 4.19. The molecule has 0 aliphatic carbocycles.